The molecule has 0 fully saturated rings. The summed E-state index contributed by atoms with van der Waals surface area (Å²) in [5, 5.41) is -0.629. The smallest absolute Gasteiger partial charge is 0.246 e. The molecule has 0 aromatic heterocycles. The molecule has 148 valence electrons. The summed E-state index contributed by atoms with van der Waals surface area (Å²) in [4.78, 5) is 24.7. The first-order valence-electron chi connectivity index (χ1n) is 8.50. The van der Waals surface area contributed by atoms with Gasteiger partial charge in [-0.25, -0.2) is 8.42 Å². The molecule has 0 radical (unpaired) electrons. The highest BCUT2D eigenvalue weighted by molar-refractivity contribution is 7.92. The summed E-state index contributed by atoms with van der Waals surface area (Å²) < 4.78 is 25.6. The van der Waals surface area contributed by atoms with Gasteiger partial charge >= 0.3 is 0 Å². The van der Waals surface area contributed by atoms with Gasteiger partial charge in [-0.05, 0) is 19.8 Å². The van der Waals surface area contributed by atoms with Crippen molar-refractivity contribution in [3.63, 3.8) is 0 Å². The molecule has 0 aliphatic heterocycles. The Kier molecular flexibility index (Phi) is 9.48. The van der Waals surface area contributed by atoms with E-state index >= 15 is 0 Å². The van der Waals surface area contributed by atoms with E-state index in [9.17, 15) is 18.0 Å². The molecule has 8 heteroatoms. The molecule has 0 saturated heterocycles. The number of amides is 1. The molecule has 0 bridgehead atoms. The van der Waals surface area contributed by atoms with Crippen LogP contribution >= 0.6 is 12.4 Å². The fourth-order valence-electron chi connectivity index (χ4n) is 2.79. The lowest BCUT2D eigenvalue weighted by Crippen LogP contribution is -2.63. The molecule has 1 rings (SSSR count). The van der Waals surface area contributed by atoms with Gasteiger partial charge in [0.1, 0.15) is 0 Å². The summed E-state index contributed by atoms with van der Waals surface area (Å²) in [6.07, 6.45) is 2.29. The molecule has 0 aliphatic carbocycles. The highest BCUT2D eigenvalue weighted by Crippen LogP contribution is 2.22. The van der Waals surface area contributed by atoms with E-state index in [0.29, 0.717) is 25.7 Å². The Hall–Kier alpha value is -1.44. The highest BCUT2D eigenvalue weighted by Gasteiger charge is 2.46. The largest absolute Gasteiger partial charge is 0.368 e. The number of hydrogen-bond donors (Lipinski definition) is 2. The zero-order chi connectivity index (χ0) is 19.3. The topological polar surface area (TPSA) is 120 Å². The number of primary amides is 1. The summed E-state index contributed by atoms with van der Waals surface area (Å²) in [5.74, 6) is -2.67. The summed E-state index contributed by atoms with van der Waals surface area (Å²) in [5.41, 5.74) is 10.1. The van der Waals surface area contributed by atoms with E-state index < -0.39 is 38.1 Å². The molecule has 1 atom stereocenters. The Morgan fingerprint density at radius 1 is 1.08 bits per heavy atom. The van der Waals surface area contributed by atoms with E-state index in [0.717, 1.165) is 5.56 Å². The number of aryl methyl sites for hydroxylation is 1. The van der Waals surface area contributed by atoms with Crippen LogP contribution in [0, 0.1) is 6.92 Å². The van der Waals surface area contributed by atoms with Crippen molar-refractivity contribution in [2.24, 2.45) is 11.5 Å². The minimum atomic E-state index is -3.76. The van der Waals surface area contributed by atoms with Gasteiger partial charge in [0.05, 0.1) is 11.0 Å². The van der Waals surface area contributed by atoms with Gasteiger partial charge in [-0.2, -0.15) is 0 Å². The number of nitrogens with two attached hydrogens (primary N) is 2. The van der Waals surface area contributed by atoms with Crippen molar-refractivity contribution in [3.8, 4) is 0 Å². The second-order valence-corrected chi connectivity index (χ2v) is 8.82. The van der Waals surface area contributed by atoms with Crippen LogP contribution in [0.15, 0.2) is 24.3 Å². The molecule has 1 aromatic carbocycles. The van der Waals surface area contributed by atoms with E-state index in [2.05, 4.69) is 0 Å². The predicted octanol–water partition coefficient (Wildman–Crippen LogP) is 2.17. The van der Waals surface area contributed by atoms with Gasteiger partial charge in [0.25, 0.3) is 0 Å². The Balaban J connectivity index is 0.00000625. The summed E-state index contributed by atoms with van der Waals surface area (Å²) in [7, 11) is -3.76. The van der Waals surface area contributed by atoms with E-state index in [1.54, 1.807) is 12.1 Å². The number of sulfone groups is 1. The standard InChI is InChI=1S/C18H28N2O4S.ClH/c1-4-6-15(7-5-2)25(23,24)12-18(20,17(19)22)16(21)14-10-8-13(3)9-11-14;/h8-11,15H,4-7,12,20H2,1-3H3,(H2,19,22);1H/t18-;/m1./s1. The zero-order valence-corrected chi connectivity index (χ0v) is 17.2. The fourth-order valence-corrected chi connectivity index (χ4v) is 5.13. The number of carbonyl (C=O) groups excluding carboxylic acids is 2. The summed E-state index contributed by atoms with van der Waals surface area (Å²) in [6, 6.07) is 6.43. The minimum absolute atomic E-state index is 0. The molecular formula is C18H29ClN2O4S. The Morgan fingerprint density at radius 3 is 1.92 bits per heavy atom. The Morgan fingerprint density at radius 2 is 1.54 bits per heavy atom. The first kappa shape index (κ1) is 24.6. The molecule has 1 aromatic rings. The van der Waals surface area contributed by atoms with Crippen LogP contribution in [0.3, 0.4) is 0 Å². The molecule has 4 N–H and O–H groups in total. The lowest BCUT2D eigenvalue weighted by atomic mass is 9.91. The molecular weight excluding hydrogens is 376 g/mol. The lowest BCUT2D eigenvalue weighted by molar-refractivity contribution is -0.120. The maximum atomic E-state index is 12.8. The van der Waals surface area contributed by atoms with Gasteiger partial charge in [-0.15, -0.1) is 12.4 Å². The van der Waals surface area contributed by atoms with Crippen molar-refractivity contribution in [1.82, 2.24) is 0 Å². The third-order valence-corrected chi connectivity index (χ3v) is 6.66. The van der Waals surface area contributed by atoms with Gasteiger partial charge in [0.15, 0.2) is 21.2 Å². The molecule has 0 unspecified atom stereocenters. The number of hydrogen-bond acceptors (Lipinski definition) is 5. The van der Waals surface area contributed by atoms with Crippen LogP contribution in [-0.2, 0) is 14.6 Å². The van der Waals surface area contributed by atoms with Gasteiger partial charge in [-0.3, -0.25) is 9.59 Å². The molecule has 0 spiro atoms. The second-order valence-electron chi connectivity index (χ2n) is 6.54. The second kappa shape index (κ2) is 10.0. The number of carbonyl (C=O) groups is 2. The maximum absolute atomic E-state index is 12.8. The van der Waals surface area contributed by atoms with E-state index in [4.69, 9.17) is 11.5 Å². The van der Waals surface area contributed by atoms with Gasteiger partial charge in [0.2, 0.25) is 5.91 Å². The van der Waals surface area contributed by atoms with Gasteiger partial charge in [-0.1, -0.05) is 56.5 Å². The summed E-state index contributed by atoms with van der Waals surface area (Å²) >= 11 is 0. The number of Topliss-reactive ketones (excluding diaryl/α,β-unsaturated/α-hetero) is 1. The van der Waals surface area contributed by atoms with Crippen LogP contribution in [0.25, 0.3) is 0 Å². The SMILES string of the molecule is CCCC(CCC)S(=O)(=O)C[C@](N)(C(N)=O)C(=O)c1ccc(C)cc1.Cl. The number of halogens is 1. The molecule has 26 heavy (non-hydrogen) atoms. The van der Waals surface area contributed by atoms with Crippen LogP contribution in [0.2, 0.25) is 0 Å². The number of ketones is 1. The maximum Gasteiger partial charge on any atom is 0.246 e. The third kappa shape index (κ3) is 5.79. The van der Waals surface area contributed by atoms with Gasteiger partial charge < -0.3 is 11.5 Å². The van der Waals surface area contributed by atoms with Crippen LogP contribution in [0.5, 0.6) is 0 Å². The average molecular weight is 405 g/mol. The van der Waals surface area contributed by atoms with E-state index in [1.165, 1.54) is 12.1 Å². The normalized spacial score (nSPS) is 13.7. The average Bonchev–Trinajstić information content (AvgIpc) is 2.54. The number of rotatable bonds is 10. The van der Waals surface area contributed by atoms with E-state index in [1.807, 2.05) is 20.8 Å². The van der Waals surface area contributed by atoms with Crippen LogP contribution < -0.4 is 11.5 Å². The van der Waals surface area contributed by atoms with Crippen LogP contribution in [-0.4, -0.2) is 36.6 Å². The molecule has 0 heterocycles. The number of benzene rings is 1. The van der Waals surface area contributed by atoms with Crippen molar-refractivity contribution in [3.05, 3.63) is 35.4 Å². The first-order chi connectivity index (χ1) is 11.6. The molecule has 0 aliphatic rings. The first-order valence-corrected chi connectivity index (χ1v) is 10.2. The molecule has 1 amide bonds. The van der Waals surface area contributed by atoms with Crippen molar-refractivity contribution >= 4 is 33.9 Å². The Bertz CT molecular complexity index is 713. The lowest BCUT2D eigenvalue weighted by Gasteiger charge is -2.27. The summed E-state index contributed by atoms with van der Waals surface area (Å²) in [6.45, 7) is 5.63. The highest BCUT2D eigenvalue weighted by atomic mass is 35.5. The van der Waals surface area contributed by atoms with E-state index in [-0.39, 0.29) is 18.0 Å². The van der Waals surface area contributed by atoms with Crippen LogP contribution in [0.4, 0.5) is 0 Å². The van der Waals surface area contributed by atoms with Crippen LogP contribution in [0.1, 0.15) is 55.5 Å². The van der Waals surface area contributed by atoms with Crippen molar-refractivity contribution in [2.45, 2.75) is 57.2 Å². The molecule has 6 nitrogen and oxygen atoms in total. The predicted molar refractivity (Wildman–Crippen MR) is 106 cm³/mol. The zero-order valence-electron chi connectivity index (χ0n) is 15.5. The minimum Gasteiger partial charge on any atom is -0.368 e. The quantitative estimate of drug-likeness (QED) is 0.457. The van der Waals surface area contributed by atoms with Gasteiger partial charge in [0, 0.05) is 5.56 Å². The third-order valence-electron chi connectivity index (χ3n) is 4.32. The van der Waals surface area contributed by atoms with Crippen molar-refractivity contribution in [2.75, 3.05) is 5.75 Å². The molecule has 0 saturated carbocycles. The van der Waals surface area contributed by atoms with Crippen molar-refractivity contribution < 1.29 is 18.0 Å². The van der Waals surface area contributed by atoms with Crippen molar-refractivity contribution in [1.29, 1.82) is 0 Å². The Labute approximate surface area is 162 Å². The fraction of sp³-hybridized carbons (Fsp3) is 0.556. The monoisotopic (exact) mass is 404 g/mol.